The van der Waals surface area contributed by atoms with E-state index in [0.29, 0.717) is 6.42 Å². The molecule has 1 rings (SSSR count). The molecular formula is C12H18N2O2. The van der Waals surface area contributed by atoms with Crippen molar-refractivity contribution in [1.29, 1.82) is 0 Å². The van der Waals surface area contributed by atoms with Crippen LogP contribution in [-0.2, 0) is 18.3 Å². The highest BCUT2D eigenvalue weighted by Crippen LogP contribution is 2.06. The molecule has 88 valence electrons. The summed E-state index contributed by atoms with van der Waals surface area (Å²) in [5.74, 6) is -0.266. The van der Waals surface area contributed by atoms with E-state index in [9.17, 15) is 9.59 Å². The van der Waals surface area contributed by atoms with E-state index in [1.54, 1.807) is 12.1 Å². The molecule has 1 amide bonds. The minimum absolute atomic E-state index is 0.0421. The fourth-order valence-electron chi connectivity index (χ4n) is 1.68. The highest BCUT2D eigenvalue weighted by molar-refractivity contribution is 5.73. The van der Waals surface area contributed by atoms with E-state index in [4.69, 9.17) is 5.73 Å². The Kier molecular flexibility index (Phi) is 4.28. The van der Waals surface area contributed by atoms with Crippen molar-refractivity contribution < 1.29 is 4.79 Å². The molecule has 0 aliphatic rings. The van der Waals surface area contributed by atoms with Crippen molar-refractivity contribution >= 4 is 5.91 Å². The molecule has 0 fully saturated rings. The molecule has 0 atom stereocenters. The zero-order valence-electron chi connectivity index (χ0n) is 9.82. The van der Waals surface area contributed by atoms with Crippen molar-refractivity contribution in [1.82, 2.24) is 4.57 Å². The summed E-state index contributed by atoms with van der Waals surface area (Å²) < 4.78 is 2.01. The molecule has 2 N–H and O–H groups in total. The second-order valence-electron chi connectivity index (χ2n) is 4.06. The Bertz CT molecular complexity index is 435. The number of nitrogens with two attached hydrogens (primary N) is 1. The first-order valence-electron chi connectivity index (χ1n) is 5.45. The van der Waals surface area contributed by atoms with E-state index in [1.165, 1.54) is 0 Å². The average molecular weight is 222 g/mol. The maximum Gasteiger partial charge on any atom is 0.217 e. The fraction of sp³-hybridized carbons (Fsp3) is 0.500. The van der Waals surface area contributed by atoms with Crippen LogP contribution >= 0.6 is 0 Å². The standard InChI is InChI=1S/C12H18N2O2/c1-9-7-11(15)8-10(14(9)2)5-3-4-6-12(13)16/h7-8H,3-6H2,1-2H3,(H2,13,16). The third-order valence-electron chi connectivity index (χ3n) is 2.73. The summed E-state index contributed by atoms with van der Waals surface area (Å²) in [4.78, 5) is 21.9. The van der Waals surface area contributed by atoms with Gasteiger partial charge in [-0.3, -0.25) is 9.59 Å². The molecule has 0 unspecified atom stereocenters. The Morgan fingerprint density at radius 2 is 2.06 bits per heavy atom. The Balaban J connectivity index is 2.60. The van der Waals surface area contributed by atoms with Crippen molar-refractivity contribution in [3.05, 3.63) is 33.7 Å². The van der Waals surface area contributed by atoms with Crippen LogP contribution in [0.1, 0.15) is 30.7 Å². The van der Waals surface area contributed by atoms with Crippen LogP contribution in [0.3, 0.4) is 0 Å². The van der Waals surface area contributed by atoms with Gasteiger partial charge in [-0.15, -0.1) is 0 Å². The molecule has 4 heteroatoms. The Labute approximate surface area is 95.1 Å². The lowest BCUT2D eigenvalue weighted by molar-refractivity contribution is -0.118. The molecule has 0 aromatic carbocycles. The smallest absolute Gasteiger partial charge is 0.217 e. The van der Waals surface area contributed by atoms with Gasteiger partial charge in [0.25, 0.3) is 0 Å². The molecule has 0 aliphatic heterocycles. The van der Waals surface area contributed by atoms with Crippen LogP contribution in [0, 0.1) is 6.92 Å². The molecule has 0 bridgehead atoms. The highest BCUT2D eigenvalue weighted by atomic mass is 16.1. The highest BCUT2D eigenvalue weighted by Gasteiger charge is 2.02. The zero-order chi connectivity index (χ0) is 12.1. The lowest BCUT2D eigenvalue weighted by atomic mass is 10.1. The number of amides is 1. The lowest BCUT2D eigenvalue weighted by Crippen LogP contribution is -2.13. The third-order valence-corrected chi connectivity index (χ3v) is 2.73. The van der Waals surface area contributed by atoms with Crippen LogP contribution in [0.2, 0.25) is 0 Å². The number of pyridine rings is 1. The van der Waals surface area contributed by atoms with E-state index in [2.05, 4.69) is 0 Å². The predicted octanol–water partition coefficient (Wildman–Crippen LogP) is 0.892. The molecule has 1 aromatic heterocycles. The largest absolute Gasteiger partial charge is 0.370 e. The Morgan fingerprint density at radius 1 is 1.38 bits per heavy atom. The quantitative estimate of drug-likeness (QED) is 0.752. The van der Waals surface area contributed by atoms with Crippen LogP contribution in [0.4, 0.5) is 0 Å². The summed E-state index contributed by atoms with van der Waals surface area (Å²) in [6, 6.07) is 3.27. The first-order valence-corrected chi connectivity index (χ1v) is 5.45. The number of unbranched alkanes of at least 4 members (excludes halogenated alkanes) is 1. The van der Waals surface area contributed by atoms with Gasteiger partial charge in [0.05, 0.1) is 0 Å². The van der Waals surface area contributed by atoms with E-state index in [1.807, 2.05) is 18.5 Å². The normalized spacial score (nSPS) is 10.4. The topological polar surface area (TPSA) is 65.1 Å². The summed E-state index contributed by atoms with van der Waals surface area (Å²) in [5.41, 5.74) is 7.06. The van der Waals surface area contributed by atoms with Crippen molar-refractivity contribution in [2.24, 2.45) is 12.8 Å². The predicted molar refractivity (Wildman–Crippen MR) is 63.2 cm³/mol. The maximum atomic E-state index is 11.3. The fourth-order valence-corrected chi connectivity index (χ4v) is 1.68. The van der Waals surface area contributed by atoms with Gasteiger partial charge in [0.1, 0.15) is 0 Å². The number of carbonyl (C=O) groups is 1. The van der Waals surface area contributed by atoms with Gasteiger partial charge in [0, 0.05) is 37.0 Å². The van der Waals surface area contributed by atoms with Gasteiger partial charge in [-0.1, -0.05) is 0 Å². The van der Waals surface area contributed by atoms with Crippen molar-refractivity contribution in [2.45, 2.75) is 32.6 Å². The first-order chi connectivity index (χ1) is 7.50. The van der Waals surface area contributed by atoms with E-state index in [-0.39, 0.29) is 11.3 Å². The molecule has 16 heavy (non-hydrogen) atoms. The van der Waals surface area contributed by atoms with Gasteiger partial charge in [0.2, 0.25) is 5.91 Å². The monoisotopic (exact) mass is 222 g/mol. The molecule has 0 spiro atoms. The molecule has 0 saturated heterocycles. The van der Waals surface area contributed by atoms with E-state index >= 15 is 0 Å². The number of nitrogens with zero attached hydrogens (tertiary/aromatic N) is 1. The molecular weight excluding hydrogens is 204 g/mol. The van der Waals surface area contributed by atoms with Gasteiger partial charge >= 0.3 is 0 Å². The number of hydrogen-bond acceptors (Lipinski definition) is 2. The summed E-state index contributed by atoms with van der Waals surface area (Å²) in [6.07, 6.45) is 2.87. The zero-order valence-corrected chi connectivity index (χ0v) is 9.82. The molecule has 1 heterocycles. The number of aromatic nitrogens is 1. The lowest BCUT2D eigenvalue weighted by Gasteiger charge is -2.11. The van der Waals surface area contributed by atoms with Crippen molar-refractivity contribution in [2.75, 3.05) is 0 Å². The van der Waals surface area contributed by atoms with Gasteiger partial charge in [-0.05, 0) is 26.2 Å². The Hall–Kier alpha value is -1.58. The van der Waals surface area contributed by atoms with Gasteiger partial charge < -0.3 is 10.3 Å². The van der Waals surface area contributed by atoms with Crippen LogP contribution in [-0.4, -0.2) is 10.5 Å². The van der Waals surface area contributed by atoms with Gasteiger partial charge in [0.15, 0.2) is 5.43 Å². The molecule has 0 saturated carbocycles. The summed E-state index contributed by atoms with van der Waals surface area (Å²) in [7, 11) is 1.94. The average Bonchev–Trinajstić information content (AvgIpc) is 2.19. The van der Waals surface area contributed by atoms with Gasteiger partial charge in [-0.2, -0.15) is 0 Å². The minimum Gasteiger partial charge on any atom is -0.370 e. The second kappa shape index (κ2) is 5.49. The number of hydrogen-bond donors (Lipinski definition) is 1. The molecule has 0 radical (unpaired) electrons. The first kappa shape index (κ1) is 12.5. The maximum absolute atomic E-state index is 11.3. The summed E-state index contributed by atoms with van der Waals surface area (Å²) in [5, 5.41) is 0. The summed E-state index contributed by atoms with van der Waals surface area (Å²) >= 11 is 0. The van der Waals surface area contributed by atoms with E-state index in [0.717, 1.165) is 30.7 Å². The van der Waals surface area contributed by atoms with Crippen LogP contribution in [0.25, 0.3) is 0 Å². The molecule has 0 aliphatic carbocycles. The van der Waals surface area contributed by atoms with Crippen molar-refractivity contribution in [3.8, 4) is 0 Å². The minimum atomic E-state index is -0.266. The van der Waals surface area contributed by atoms with Crippen molar-refractivity contribution in [3.63, 3.8) is 0 Å². The van der Waals surface area contributed by atoms with Crippen LogP contribution in [0.15, 0.2) is 16.9 Å². The number of primary amides is 1. The van der Waals surface area contributed by atoms with E-state index < -0.39 is 0 Å². The van der Waals surface area contributed by atoms with Crippen LogP contribution in [0.5, 0.6) is 0 Å². The van der Waals surface area contributed by atoms with Crippen LogP contribution < -0.4 is 11.2 Å². The number of rotatable bonds is 5. The number of aryl methyl sites for hydroxylation is 2. The Morgan fingerprint density at radius 3 is 2.69 bits per heavy atom. The number of carbonyl (C=O) groups excluding carboxylic acids is 1. The third kappa shape index (κ3) is 3.53. The SMILES string of the molecule is Cc1cc(=O)cc(CCCCC(N)=O)n1C. The molecule has 1 aromatic rings. The van der Waals surface area contributed by atoms with Gasteiger partial charge in [-0.25, -0.2) is 0 Å². The second-order valence-corrected chi connectivity index (χ2v) is 4.06. The molecule has 4 nitrogen and oxygen atoms in total. The summed E-state index contributed by atoms with van der Waals surface area (Å²) in [6.45, 7) is 1.91.